The Kier molecular flexibility index (Phi) is 6.56. The molecule has 0 saturated carbocycles. The fourth-order valence-corrected chi connectivity index (χ4v) is 7.38. The summed E-state index contributed by atoms with van der Waals surface area (Å²) in [7, 11) is 0. The van der Waals surface area contributed by atoms with E-state index in [4.69, 9.17) is 0 Å². The fraction of sp³-hybridized carbons (Fsp3) is 0. The Morgan fingerprint density at radius 2 is 0.920 bits per heavy atom. The lowest BCUT2D eigenvalue weighted by atomic mass is 9.94. The number of nitriles is 3. The summed E-state index contributed by atoms with van der Waals surface area (Å²) in [5.74, 6) is 0. The molecule has 0 N–H and O–H groups in total. The van der Waals surface area contributed by atoms with Gasteiger partial charge in [0.2, 0.25) is 0 Å². The van der Waals surface area contributed by atoms with E-state index in [1.807, 2.05) is 72.8 Å². The summed E-state index contributed by atoms with van der Waals surface area (Å²) in [6.07, 6.45) is 0. The van der Waals surface area contributed by atoms with Crippen molar-refractivity contribution in [3.05, 3.63) is 168 Å². The van der Waals surface area contributed by atoms with Crippen LogP contribution in [0.2, 0.25) is 0 Å². The first-order chi connectivity index (χ1) is 24.7. The molecule has 0 spiro atoms. The molecule has 0 fully saturated rings. The normalized spacial score (nSPS) is 11.1. The summed E-state index contributed by atoms with van der Waals surface area (Å²) in [5.41, 5.74) is 11.2. The third kappa shape index (κ3) is 4.38. The average Bonchev–Trinajstić information content (AvgIpc) is 3.70. The number of rotatable bonds is 4. The van der Waals surface area contributed by atoms with Crippen molar-refractivity contribution in [3.8, 4) is 51.8 Å². The van der Waals surface area contributed by atoms with Gasteiger partial charge >= 0.3 is 0 Å². The van der Waals surface area contributed by atoms with Crippen LogP contribution in [0.5, 0.6) is 0 Å². The number of para-hydroxylation sites is 3. The minimum Gasteiger partial charge on any atom is -0.309 e. The van der Waals surface area contributed by atoms with E-state index in [1.165, 1.54) is 0 Å². The van der Waals surface area contributed by atoms with Gasteiger partial charge < -0.3 is 9.13 Å². The zero-order chi connectivity index (χ0) is 33.8. The summed E-state index contributed by atoms with van der Waals surface area (Å²) in [5, 5.41) is 34.2. The van der Waals surface area contributed by atoms with Crippen molar-refractivity contribution >= 4 is 43.6 Å². The van der Waals surface area contributed by atoms with E-state index in [-0.39, 0.29) is 0 Å². The van der Waals surface area contributed by atoms with Crippen LogP contribution in [0.15, 0.2) is 152 Å². The molecule has 0 aliphatic carbocycles. The van der Waals surface area contributed by atoms with Gasteiger partial charge in [0.15, 0.2) is 0 Å². The van der Waals surface area contributed by atoms with Gasteiger partial charge in [-0.1, -0.05) is 84.9 Å². The number of nitrogens with zero attached hydrogens (tertiary/aromatic N) is 5. The lowest BCUT2D eigenvalue weighted by Gasteiger charge is -2.16. The standard InChI is InChI=1S/C45H25N5/c46-26-29-19-20-44-40(21-29)38-15-3-4-16-41(38)49(44)35-12-8-10-31(23-35)30-9-7-11-32(22-30)39-24-33(27-47)34(28-48)25-45(39)50-42-17-5-1-13-36(42)37-14-2-6-18-43(37)50/h1-25H. The summed E-state index contributed by atoms with van der Waals surface area (Å²) >= 11 is 0. The Bertz CT molecular complexity index is 2920. The molecular formula is C45H25N5. The molecule has 0 unspecified atom stereocenters. The van der Waals surface area contributed by atoms with Gasteiger partial charge in [-0.25, -0.2) is 0 Å². The molecule has 0 atom stereocenters. The van der Waals surface area contributed by atoms with E-state index in [2.05, 4.69) is 106 Å². The quantitative estimate of drug-likeness (QED) is 0.193. The molecule has 50 heavy (non-hydrogen) atoms. The second-order valence-corrected chi connectivity index (χ2v) is 12.3. The van der Waals surface area contributed by atoms with Gasteiger partial charge in [0.25, 0.3) is 0 Å². The lowest BCUT2D eigenvalue weighted by molar-refractivity contribution is 1.17. The van der Waals surface area contributed by atoms with Gasteiger partial charge in [-0.3, -0.25) is 0 Å². The van der Waals surface area contributed by atoms with Gasteiger partial charge in [0.05, 0.1) is 50.5 Å². The zero-order valence-corrected chi connectivity index (χ0v) is 26.7. The molecule has 9 rings (SSSR count). The van der Waals surface area contributed by atoms with Gasteiger partial charge in [0, 0.05) is 32.8 Å². The molecule has 0 bridgehead atoms. The van der Waals surface area contributed by atoms with E-state index in [0.29, 0.717) is 16.7 Å². The van der Waals surface area contributed by atoms with E-state index in [0.717, 1.165) is 77.2 Å². The summed E-state index contributed by atoms with van der Waals surface area (Å²) in [6, 6.07) is 58.0. The Morgan fingerprint density at radius 1 is 0.380 bits per heavy atom. The molecule has 230 valence electrons. The summed E-state index contributed by atoms with van der Waals surface area (Å²) in [6.45, 7) is 0. The smallest absolute Gasteiger partial charge is 0.101 e. The van der Waals surface area contributed by atoms with E-state index in [1.54, 1.807) is 0 Å². The Hall–Kier alpha value is -7.39. The molecule has 9 aromatic rings. The maximum absolute atomic E-state index is 10.1. The third-order valence-electron chi connectivity index (χ3n) is 9.61. The van der Waals surface area contributed by atoms with Crippen molar-refractivity contribution in [3.63, 3.8) is 0 Å². The van der Waals surface area contributed by atoms with E-state index < -0.39 is 0 Å². The topological polar surface area (TPSA) is 81.2 Å². The average molecular weight is 636 g/mol. The third-order valence-corrected chi connectivity index (χ3v) is 9.61. The minimum absolute atomic E-state index is 0.338. The number of benzene rings is 7. The molecule has 5 nitrogen and oxygen atoms in total. The highest BCUT2D eigenvalue weighted by Gasteiger charge is 2.19. The predicted octanol–water partition coefficient (Wildman–Crippen LogP) is 10.8. The van der Waals surface area contributed by atoms with Crippen molar-refractivity contribution < 1.29 is 0 Å². The highest BCUT2D eigenvalue weighted by molar-refractivity contribution is 6.11. The van der Waals surface area contributed by atoms with Crippen LogP contribution in [-0.2, 0) is 0 Å². The fourth-order valence-electron chi connectivity index (χ4n) is 7.38. The number of aromatic nitrogens is 2. The first-order valence-corrected chi connectivity index (χ1v) is 16.3. The Morgan fingerprint density at radius 3 is 1.58 bits per heavy atom. The molecule has 0 aliphatic rings. The molecule has 0 amide bonds. The second kappa shape index (κ2) is 11.4. The molecule has 0 radical (unpaired) electrons. The molecule has 2 heterocycles. The SMILES string of the molecule is N#Cc1ccc2c(c1)c1ccccc1n2-c1cccc(-c2cccc(-c3cc(C#N)c(C#N)cc3-n3c4ccccc4c4ccccc43)c2)c1. The first-order valence-electron chi connectivity index (χ1n) is 16.3. The largest absolute Gasteiger partial charge is 0.309 e. The molecule has 5 heteroatoms. The van der Waals surface area contributed by atoms with Crippen LogP contribution >= 0.6 is 0 Å². The van der Waals surface area contributed by atoms with Gasteiger partial charge in [-0.15, -0.1) is 0 Å². The van der Waals surface area contributed by atoms with Gasteiger partial charge in [0.1, 0.15) is 12.1 Å². The monoisotopic (exact) mass is 635 g/mol. The highest BCUT2D eigenvalue weighted by Crippen LogP contribution is 2.39. The Balaban J connectivity index is 1.24. The van der Waals surface area contributed by atoms with E-state index >= 15 is 0 Å². The van der Waals surface area contributed by atoms with Crippen molar-refractivity contribution in [2.24, 2.45) is 0 Å². The molecule has 0 saturated heterocycles. The minimum atomic E-state index is 0.338. The molecular weight excluding hydrogens is 611 g/mol. The number of hydrogen-bond donors (Lipinski definition) is 0. The van der Waals surface area contributed by atoms with Crippen LogP contribution in [0.1, 0.15) is 16.7 Å². The van der Waals surface area contributed by atoms with Crippen molar-refractivity contribution in [1.82, 2.24) is 9.13 Å². The van der Waals surface area contributed by atoms with Crippen LogP contribution in [0.25, 0.3) is 77.2 Å². The van der Waals surface area contributed by atoms with Gasteiger partial charge in [-0.05, 0) is 83.4 Å². The van der Waals surface area contributed by atoms with Gasteiger partial charge in [-0.2, -0.15) is 15.8 Å². The van der Waals surface area contributed by atoms with Crippen LogP contribution in [0.4, 0.5) is 0 Å². The van der Waals surface area contributed by atoms with Crippen LogP contribution in [0, 0.1) is 34.0 Å². The number of fused-ring (bicyclic) bond motifs is 6. The first kappa shape index (κ1) is 28.8. The Labute approximate surface area is 287 Å². The van der Waals surface area contributed by atoms with Crippen molar-refractivity contribution in [2.45, 2.75) is 0 Å². The summed E-state index contributed by atoms with van der Waals surface area (Å²) < 4.78 is 4.45. The maximum Gasteiger partial charge on any atom is 0.101 e. The summed E-state index contributed by atoms with van der Waals surface area (Å²) in [4.78, 5) is 0. The second-order valence-electron chi connectivity index (χ2n) is 12.3. The zero-order valence-electron chi connectivity index (χ0n) is 26.7. The molecule has 7 aromatic carbocycles. The lowest BCUT2D eigenvalue weighted by Crippen LogP contribution is -2.00. The van der Waals surface area contributed by atoms with Crippen LogP contribution < -0.4 is 0 Å². The van der Waals surface area contributed by atoms with Crippen LogP contribution in [-0.4, -0.2) is 9.13 Å². The van der Waals surface area contributed by atoms with Crippen molar-refractivity contribution in [2.75, 3.05) is 0 Å². The van der Waals surface area contributed by atoms with Crippen molar-refractivity contribution in [1.29, 1.82) is 15.8 Å². The maximum atomic E-state index is 10.1. The number of hydrogen-bond acceptors (Lipinski definition) is 3. The highest BCUT2D eigenvalue weighted by atomic mass is 15.0. The molecule has 0 aliphatic heterocycles. The molecule has 2 aromatic heterocycles. The van der Waals surface area contributed by atoms with E-state index in [9.17, 15) is 15.8 Å². The predicted molar refractivity (Wildman–Crippen MR) is 200 cm³/mol. The van der Waals surface area contributed by atoms with Crippen LogP contribution in [0.3, 0.4) is 0 Å².